The number of nitrogens with zero attached hydrogens (tertiary/aromatic N) is 1. The van der Waals surface area contributed by atoms with Gasteiger partial charge in [0, 0.05) is 10.8 Å². The highest BCUT2D eigenvalue weighted by Crippen LogP contribution is 2.53. The summed E-state index contributed by atoms with van der Waals surface area (Å²) >= 11 is 2.39. The molecule has 2 aliphatic heterocycles. The van der Waals surface area contributed by atoms with Gasteiger partial charge in [-0.25, -0.2) is 4.90 Å². The average molecular weight is 425 g/mol. The number of carbonyl (C=O) groups is 2. The highest BCUT2D eigenvalue weighted by Gasteiger charge is 2.56. The zero-order chi connectivity index (χ0) is 20.1. The summed E-state index contributed by atoms with van der Waals surface area (Å²) in [5, 5.41) is 0.102. The molecule has 29 heavy (non-hydrogen) atoms. The van der Waals surface area contributed by atoms with Crippen molar-refractivity contribution in [3.05, 3.63) is 74.7 Å². The summed E-state index contributed by atoms with van der Waals surface area (Å²) in [6.07, 6.45) is 0. The number of para-hydroxylation sites is 1. The van der Waals surface area contributed by atoms with Crippen LogP contribution in [-0.2, 0) is 9.59 Å². The predicted molar refractivity (Wildman–Crippen MR) is 112 cm³/mol. The highest BCUT2D eigenvalue weighted by molar-refractivity contribution is 8.00. The number of carbonyl (C=O) groups excluding carboxylic acids is 2. The van der Waals surface area contributed by atoms with E-state index in [1.54, 1.807) is 31.4 Å². The number of thiazole rings is 1. The summed E-state index contributed by atoms with van der Waals surface area (Å²) in [7, 11) is 1.59. The number of hydrogen-bond donors (Lipinski definition) is 1. The van der Waals surface area contributed by atoms with Gasteiger partial charge in [-0.1, -0.05) is 53.4 Å². The summed E-state index contributed by atoms with van der Waals surface area (Å²) < 4.78 is 5.24. The molecule has 1 fully saturated rings. The van der Waals surface area contributed by atoms with Gasteiger partial charge in [0.2, 0.25) is 11.8 Å². The molecule has 1 N–H and O–H groups in total. The molecule has 0 bridgehead atoms. The maximum Gasteiger partial charge on any atom is 0.305 e. The second-order valence-corrected chi connectivity index (χ2v) is 9.04. The lowest BCUT2D eigenvalue weighted by Gasteiger charge is -2.29. The maximum absolute atomic E-state index is 13.5. The van der Waals surface area contributed by atoms with Crippen LogP contribution < -0.4 is 14.5 Å². The Labute approximate surface area is 174 Å². The smallest absolute Gasteiger partial charge is 0.305 e. The number of anilines is 1. The Morgan fingerprint density at radius 3 is 2.38 bits per heavy atom. The number of ether oxygens (including phenoxy) is 1. The van der Waals surface area contributed by atoms with Crippen LogP contribution in [0, 0.1) is 5.92 Å². The Morgan fingerprint density at radius 2 is 1.69 bits per heavy atom. The van der Waals surface area contributed by atoms with Crippen molar-refractivity contribution in [1.29, 1.82) is 0 Å². The standard InChI is InChI=1S/C21H16N2O4S2/c1-27-13-9-7-11(8-10-13)14-15-17(28-18-16(14)29-21(26)22-18)20(25)23(19(15)24)12-5-3-2-4-6-12/h2-10,14-15,17H,1H3,(H,22,26)/t14-,15-,17+/m1/s1. The molecule has 0 aliphatic carbocycles. The molecule has 3 atom stereocenters. The van der Waals surface area contributed by atoms with E-state index in [4.69, 9.17) is 4.74 Å². The van der Waals surface area contributed by atoms with E-state index >= 15 is 0 Å². The second-order valence-electron chi connectivity index (χ2n) is 6.87. The van der Waals surface area contributed by atoms with Crippen LogP contribution in [-0.4, -0.2) is 29.2 Å². The van der Waals surface area contributed by atoms with Gasteiger partial charge in [0.25, 0.3) is 0 Å². The fraction of sp³-hybridized carbons (Fsp3) is 0.190. The lowest BCUT2D eigenvalue weighted by Crippen LogP contribution is -2.32. The number of aromatic nitrogens is 1. The lowest BCUT2D eigenvalue weighted by atomic mass is 9.83. The van der Waals surface area contributed by atoms with Crippen molar-refractivity contribution in [2.24, 2.45) is 5.92 Å². The Morgan fingerprint density at radius 1 is 0.966 bits per heavy atom. The number of amides is 2. The summed E-state index contributed by atoms with van der Waals surface area (Å²) in [6.45, 7) is 0. The molecule has 146 valence electrons. The topological polar surface area (TPSA) is 79.5 Å². The molecule has 2 aromatic carbocycles. The zero-order valence-corrected chi connectivity index (χ0v) is 17.0. The van der Waals surface area contributed by atoms with Gasteiger partial charge < -0.3 is 9.72 Å². The molecule has 3 heterocycles. The van der Waals surface area contributed by atoms with Crippen molar-refractivity contribution >= 4 is 40.6 Å². The Kier molecular flexibility index (Phi) is 4.33. The van der Waals surface area contributed by atoms with Gasteiger partial charge in [0.05, 0.1) is 23.7 Å². The van der Waals surface area contributed by atoms with E-state index in [1.807, 2.05) is 30.3 Å². The minimum absolute atomic E-state index is 0.180. The molecule has 0 unspecified atom stereocenters. The van der Waals surface area contributed by atoms with Crippen molar-refractivity contribution in [3.63, 3.8) is 0 Å². The van der Waals surface area contributed by atoms with E-state index in [-0.39, 0.29) is 22.6 Å². The lowest BCUT2D eigenvalue weighted by molar-refractivity contribution is -0.122. The van der Waals surface area contributed by atoms with Crippen molar-refractivity contribution in [2.75, 3.05) is 12.0 Å². The molecule has 6 nitrogen and oxygen atoms in total. The third-order valence-electron chi connectivity index (χ3n) is 5.31. The average Bonchev–Trinajstić information content (AvgIpc) is 3.23. The van der Waals surface area contributed by atoms with E-state index in [1.165, 1.54) is 16.7 Å². The molecule has 8 heteroatoms. The molecule has 5 rings (SSSR count). The first-order valence-electron chi connectivity index (χ1n) is 9.05. The second kappa shape index (κ2) is 6.89. The summed E-state index contributed by atoms with van der Waals surface area (Å²) in [4.78, 5) is 43.5. The number of fused-ring (bicyclic) bond motifs is 2. The Balaban J connectivity index is 1.64. The number of imide groups is 1. The van der Waals surface area contributed by atoms with Crippen molar-refractivity contribution < 1.29 is 14.3 Å². The number of nitrogens with one attached hydrogen (secondary N) is 1. The zero-order valence-electron chi connectivity index (χ0n) is 15.3. The van der Waals surface area contributed by atoms with Crippen molar-refractivity contribution in [2.45, 2.75) is 16.2 Å². The normalized spacial score (nSPS) is 23.1. The predicted octanol–water partition coefficient (Wildman–Crippen LogP) is 3.24. The monoisotopic (exact) mass is 424 g/mol. The van der Waals surface area contributed by atoms with Gasteiger partial charge in [0.1, 0.15) is 11.0 Å². The molecule has 2 aliphatic rings. The molecule has 1 aromatic heterocycles. The number of aromatic amines is 1. The van der Waals surface area contributed by atoms with Gasteiger partial charge in [-0.15, -0.1) is 0 Å². The SMILES string of the molecule is COc1ccc([C@H]2c3sc(=O)[nH]c3S[C@@H]3C(=O)N(c4ccccc4)C(=O)[C@H]23)cc1. The van der Waals surface area contributed by atoms with Crippen molar-refractivity contribution in [1.82, 2.24) is 4.98 Å². The third kappa shape index (κ3) is 2.82. The molecule has 0 spiro atoms. The fourth-order valence-corrected chi connectivity index (χ4v) is 6.53. The van der Waals surface area contributed by atoms with Crippen LogP contribution >= 0.6 is 23.1 Å². The van der Waals surface area contributed by atoms with Gasteiger partial charge in [0.15, 0.2) is 0 Å². The van der Waals surface area contributed by atoms with Crippen LogP contribution in [0.4, 0.5) is 5.69 Å². The van der Waals surface area contributed by atoms with E-state index < -0.39 is 11.2 Å². The van der Waals surface area contributed by atoms with Gasteiger partial charge in [-0.3, -0.25) is 14.4 Å². The van der Waals surface area contributed by atoms with E-state index in [0.29, 0.717) is 16.5 Å². The molecule has 2 amide bonds. The van der Waals surface area contributed by atoms with Crippen LogP contribution in [0.1, 0.15) is 16.4 Å². The first-order chi connectivity index (χ1) is 14.1. The van der Waals surface area contributed by atoms with Crippen LogP contribution in [0.5, 0.6) is 5.75 Å². The van der Waals surface area contributed by atoms with E-state index in [0.717, 1.165) is 21.8 Å². The minimum atomic E-state index is -0.576. The number of hydrogen-bond acceptors (Lipinski definition) is 6. The quantitative estimate of drug-likeness (QED) is 0.653. The van der Waals surface area contributed by atoms with Crippen LogP contribution in [0.3, 0.4) is 0 Å². The number of rotatable bonds is 3. The Bertz CT molecular complexity index is 1150. The van der Waals surface area contributed by atoms with Crippen LogP contribution in [0.2, 0.25) is 0 Å². The van der Waals surface area contributed by atoms with Crippen LogP contribution in [0.25, 0.3) is 0 Å². The van der Waals surface area contributed by atoms with E-state index in [9.17, 15) is 14.4 Å². The highest BCUT2D eigenvalue weighted by atomic mass is 32.2. The molecular formula is C21H16N2O4S2. The summed E-state index contributed by atoms with van der Waals surface area (Å²) in [5.41, 5.74) is 1.46. The first kappa shape index (κ1) is 18.2. The van der Waals surface area contributed by atoms with Gasteiger partial charge in [-0.2, -0.15) is 0 Å². The third-order valence-corrected chi connectivity index (χ3v) is 7.71. The van der Waals surface area contributed by atoms with Crippen LogP contribution in [0.15, 0.2) is 64.4 Å². The summed E-state index contributed by atoms with van der Waals surface area (Å²) in [6, 6.07) is 16.4. The van der Waals surface area contributed by atoms with Gasteiger partial charge in [-0.05, 0) is 29.8 Å². The molecular weight excluding hydrogens is 408 g/mol. The fourth-order valence-electron chi connectivity index (χ4n) is 4.02. The van der Waals surface area contributed by atoms with Gasteiger partial charge >= 0.3 is 4.87 Å². The molecule has 0 radical (unpaired) electrons. The first-order valence-corrected chi connectivity index (χ1v) is 10.7. The molecule has 1 saturated heterocycles. The number of benzene rings is 2. The number of thioether (sulfide) groups is 1. The minimum Gasteiger partial charge on any atom is -0.497 e. The summed E-state index contributed by atoms with van der Waals surface area (Å²) in [5.74, 6) is -0.701. The Hall–Kier alpha value is -2.84. The largest absolute Gasteiger partial charge is 0.497 e. The number of methoxy groups -OCH3 is 1. The van der Waals surface area contributed by atoms with E-state index in [2.05, 4.69) is 4.98 Å². The number of H-pyrrole nitrogens is 1. The maximum atomic E-state index is 13.5. The molecule has 3 aromatic rings. The molecule has 0 saturated carbocycles. The van der Waals surface area contributed by atoms with Crippen molar-refractivity contribution in [3.8, 4) is 5.75 Å².